The van der Waals surface area contributed by atoms with Gasteiger partial charge < -0.3 is 25.6 Å². The van der Waals surface area contributed by atoms with Crippen LogP contribution in [0.5, 0.6) is 5.75 Å². The number of aromatic carboxylic acids is 1. The molecule has 2 aromatic carbocycles. The van der Waals surface area contributed by atoms with E-state index in [2.05, 4.69) is 5.32 Å². The minimum atomic E-state index is -4.59. The Morgan fingerprint density at radius 2 is 1.78 bits per heavy atom. The van der Waals surface area contributed by atoms with Gasteiger partial charge in [0.25, 0.3) is 0 Å². The highest BCUT2D eigenvalue weighted by Crippen LogP contribution is 2.40. The number of carboxylic acids is 1. The Hall–Kier alpha value is -3.73. The number of nitrogens with one attached hydrogen (secondary N) is 1. The van der Waals surface area contributed by atoms with E-state index >= 15 is 0 Å². The Morgan fingerprint density at radius 1 is 1.11 bits per heavy atom. The molecule has 0 spiro atoms. The summed E-state index contributed by atoms with van der Waals surface area (Å²) in [5, 5.41) is 13.0. The van der Waals surface area contributed by atoms with Gasteiger partial charge in [-0.2, -0.15) is 13.2 Å². The minimum absolute atomic E-state index is 0.0143. The van der Waals surface area contributed by atoms with Gasteiger partial charge in [0, 0.05) is 11.6 Å². The third-order valence-electron chi connectivity index (χ3n) is 5.26. The lowest BCUT2D eigenvalue weighted by Crippen LogP contribution is -2.22. The van der Waals surface area contributed by atoms with Gasteiger partial charge in [-0.05, 0) is 51.5 Å². The minimum Gasteiger partial charge on any atom is -0.484 e. The van der Waals surface area contributed by atoms with Crippen LogP contribution in [0.2, 0.25) is 0 Å². The smallest absolute Gasteiger partial charge is 0.416 e. The molecule has 3 aromatic rings. The van der Waals surface area contributed by atoms with Gasteiger partial charge in [0.1, 0.15) is 18.5 Å². The van der Waals surface area contributed by atoms with Gasteiger partial charge in [0.2, 0.25) is 0 Å². The van der Waals surface area contributed by atoms with E-state index in [-0.39, 0.29) is 28.8 Å². The lowest BCUT2D eigenvalue weighted by atomic mass is 9.97. The molecular formula is C26H27F3N2O5S. The number of esters is 1. The summed E-state index contributed by atoms with van der Waals surface area (Å²) in [6, 6.07) is 11.3. The predicted molar refractivity (Wildman–Crippen MR) is 135 cm³/mol. The molecular weight excluding hydrogens is 509 g/mol. The van der Waals surface area contributed by atoms with Crippen molar-refractivity contribution in [3.63, 3.8) is 0 Å². The maximum atomic E-state index is 13.4. The van der Waals surface area contributed by atoms with Gasteiger partial charge in [-0.15, -0.1) is 11.3 Å². The van der Waals surface area contributed by atoms with Crippen molar-refractivity contribution in [1.82, 2.24) is 0 Å². The van der Waals surface area contributed by atoms with Crippen molar-refractivity contribution in [2.75, 3.05) is 11.1 Å². The molecule has 0 radical (unpaired) electrons. The van der Waals surface area contributed by atoms with Gasteiger partial charge in [0.15, 0.2) is 4.88 Å². The SMILES string of the molecule is C[C@@H](Oc1cc(Nc2cc(COC(=O)C(C)(C)C)ccc2N)sc1C(=O)O)c1ccccc1C(F)(F)F. The molecule has 1 heterocycles. The highest BCUT2D eigenvalue weighted by molar-refractivity contribution is 7.18. The molecule has 11 heteroatoms. The number of alkyl halides is 3. The first-order valence-electron chi connectivity index (χ1n) is 11.2. The van der Waals surface area contributed by atoms with E-state index in [9.17, 15) is 27.9 Å². The largest absolute Gasteiger partial charge is 0.484 e. The molecule has 0 bridgehead atoms. The van der Waals surface area contributed by atoms with Crippen molar-refractivity contribution in [2.45, 2.75) is 46.6 Å². The van der Waals surface area contributed by atoms with Crippen LogP contribution >= 0.6 is 11.3 Å². The van der Waals surface area contributed by atoms with Crippen LogP contribution in [0.15, 0.2) is 48.5 Å². The van der Waals surface area contributed by atoms with Crippen LogP contribution in [-0.2, 0) is 22.3 Å². The van der Waals surface area contributed by atoms with E-state index in [0.29, 0.717) is 21.9 Å². The van der Waals surface area contributed by atoms with Crippen molar-refractivity contribution in [3.05, 3.63) is 70.1 Å². The van der Waals surface area contributed by atoms with E-state index in [1.165, 1.54) is 31.2 Å². The second-order valence-corrected chi connectivity index (χ2v) is 10.4. The predicted octanol–water partition coefficient (Wildman–Crippen LogP) is 7.02. The second-order valence-electron chi connectivity index (χ2n) is 9.33. The van der Waals surface area contributed by atoms with Crippen LogP contribution in [0.3, 0.4) is 0 Å². The van der Waals surface area contributed by atoms with Gasteiger partial charge in [-0.1, -0.05) is 24.3 Å². The molecule has 1 aromatic heterocycles. The lowest BCUT2D eigenvalue weighted by molar-refractivity contribution is -0.154. The molecule has 7 nitrogen and oxygen atoms in total. The maximum Gasteiger partial charge on any atom is 0.416 e. The summed E-state index contributed by atoms with van der Waals surface area (Å²) in [7, 11) is 0. The quantitative estimate of drug-likeness (QED) is 0.210. The third-order valence-corrected chi connectivity index (χ3v) is 6.28. The average Bonchev–Trinajstić information content (AvgIpc) is 3.20. The summed E-state index contributed by atoms with van der Waals surface area (Å²) in [5.41, 5.74) is 5.87. The molecule has 198 valence electrons. The first-order chi connectivity index (χ1) is 17.2. The summed E-state index contributed by atoms with van der Waals surface area (Å²) in [4.78, 5) is 23.7. The lowest BCUT2D eigenvalue weighted by Gasteiger charge is -2.19. The normalized spacial score (nSPS) is 12.6. The van der Waals surface area contributed by atoms with Gasteiger partial charge in [0.05, 0.1) is 27.4 Å². The van der Waals surface area contributed by atoms with Crippen molar-refractivity contribution >= 4 is 39.7 Å². The van der Waals surface area contributed by atoms with Crippen molar-refractivity contribution in [1.29, 1.82) is 0 Å². The van der Waals surface area contributed by atoms with Crippen LogP contribution < -0.4 is 15.8 Å². The van der Waals surface area contributed by atoms with Crippen LogP contribution in [0.25, 0.3) is 0 Å². The van der Waals surface area contributed by atoms with Crippen LogP contribution in [0.1, 0.15) is 60.2 Å². The summed E-state index contributed by atoms with van der Waals surface area (Å²) in [6.45, 7) is 6.65. The molecule has 0 aliphatic rings. The molecule has 0 saturated heterocycles. The van der Waals surface area contributed by atoms with E-state index in [1.807, 2.05) is 0 Å². The van der Waals surface area contributed by atoms with Gasteiger partial charge >= 0.3 is 18.1 Å². The molecule has 37 heavy (non-hydrogen) atoms. The Bertz CT molecular complexity index is 1300. The number of rotatable bonds is 8. The number of carbonyl (C=O) groups is 2. The fraction of sp³-hybridized carbons (Fsp3) is 0.308. The zero-order chi connectivity index (χ0) is 27.5. The monoisotopic (exact) mass is 536 g/mol. The molecule has 0 saturated carbocycles. The highest BCUT2D eigenvalue weighted by Gasteiger charge is 2.35. The second kappa shape index (κ2) is 10.7. The standard InChI is InChI=1S/C26H27F3N2O5S/c1-14(16-7-5-6-8-17(16)26(27,28)29)36-20-12-21(37-22(20)23(32)33)31-19-11-15(9-10-18(19)30)13-35-24(34)25(2,3)4/h5-12,14,31H,13,30H2,1-4H3,(H,32,33)/t14-/m1/s1. The Kier molecular flexibility index (Phi) is 8.06. The first-order valence-corrected chi connectivity index (χ1v) is 12.0. The summed E-state index contributed by atoms with van der Waals surface area (Å²) < 4.78 is 51.3. The fourth-order valence-corrected chi connectivity index (χ4v) is 4.18. The van der Waals surface area contributed by atoms with Crippen molar-refractivity contribution < 1.29 is 37.3 Å². The molecule has 0 aliphatic heterocycles. The molecule has 0 amide bonds. The number of ether oxygens (including phenoxy) is 2. The Morgan fingerprint density at radius 3 is 2.41 bits per heavy atom. The Labute approximate surface area is 216 Å². The highest BCUT2D eigenvalue weighted by atomic mass is 32.1. The summed E-state index contributed by atoms with van der Waals surface area (Å²) in [6.07, 6.45) is -5.67. The van der Waals surface area contributed by atoms with Crippen LogP contribution in [0.4, 0.5) is 29.5 Å². The number of halogens is 3. The van der Waals surface area contributed by atoms with Crippen molar-refractivity contribution in [3.8, 4) is 5.75 Å². The van der Waals surface area contributed by atoms with Gasteiger partial charge in [-0.3, -0.25) is 4.79 Å². The fourth-order valence-electron chi connectivity index (χ4n) is 3.34. The number of carboxylic acid groups (broad SMARTS) is 1. The average molecular weight is 537 g/mol. The molecule has 0 fully saturated rings. The molecule has 1 atom stereocenters. The topological polar surface area (TPSA) is 111 Å². The Balaban J connectivity index is 1.83. The number of nitrogens with two attached hydrogens (primary N) is 1. The number of anilines is 3. The first kappa shape index (κ1) is 27.9. The molecule has 0 unspecified atom stereocenters. The van der Waals surface area contributed by atoms with E-state index in [0.717, 1.165) is 17.4 Å². The van der Waals surface area contributed by atoms with Crippen LogP contribution in [0, 0.1) is 5.41 Å². The molecule has 3 rings (SSSR count). The number of hydrogen-bond donors (Lipinski definition) is 3. The van der Waals surface area contributed by atoms with E-state index in [1.54, 1.807) is 39.0 Å². The summed E-state index contributed by atoms with van der Waals surface area (Å²) >= 11 is 0.847. The third kappa shape index (κ3) is 6.94. The maximum absolute atomic E-state index is 13.4. The van der Waals surface area contributed by atoms with Crippen molar-refractivity contribution in [2.24, 2.45) is 5.41 Å². The van der Waals surface area contributed by atoms with E-state index < -0.39 is 29.2 Å². The summed E-state index contributed by atoms with van der Waals surface area (Å²) in [5.74, 6) is -1.75. The molecule has 0 aliphatic carbocycles. The number of thiophene rings is 1. The number of hydrogen-bond acceptors (Lipinski definition) is 7. The van der Waals surface area contributed by atoms with E-state index in [4.69, 9.17) is 15.2 Å². The number of benzene rings is 2. The number of nitrogen functional groups attached to an aromatic ring is 1. The number of carbonyl (C=O) groups excluding carboxylic acids is 1. The zero-order valence-corrected chi connectivity index (χ0v) is 21.4. The van der Waals surface area contributed by atoms with Gasteiger partial charge in [-0.25, -0.2) is 4.79 Å². The van der Waals surface area contributed by atoms with Crippen LogP contribution in [-0.4, -0.2) is 17.0 Å². The zero-order valence-electron chi connectivity index (χ0n) is 20.6. The molecule has 4 N–H and O–H groups in total.